The van der Waals surface area contributed by atoms with E-state index in [1.54, 1.807) is 13.2 Å². The van der Waals surface area contributed by atoms with E-state index in [1.165, 1.54) is 5.56 Å². The molecule has 5 nitrogen and oxygen atoms in total. The summed E-state index contributed by atoms with van der Waals surface area (Å²) in [6.07, 6.45) is 4.44. The molecule has 2 aromatic rings. The van der Waals surface area contributed by atoms with E-state index in [9.17, 15) is 4.79 Å². The van der Waals surface area contributed by atoms with Crippen LogP contribution >= 0.6 is 0 Å². The molecule has 2 heterocycles. The van der Waals surface area contributed by atoms with E-state index in [2.05, 4.69) is 12.1 Å². The summed E-state index contributed by atoms with van der Waals surface area (Å²) in [7, 11) is 1.66. The quantitative estimate of drug-likeness (QED) is 0.792. The highest BCUT2D eigenvalue weighted by Gasteiger charge is 2.26. The van der Waals surface area contributed by atoms with Gasteiger partial charge >= 0.3 is 0 Å². The third-order valence-electron chi connectivity index (χ3n) is 4.90. The normalized spacial score (nSPS) is 18.5. The maximum atomic E-state index is 12.5. The van der Waals surface area contributed by atoms with Gasteiger partial charge in [-0.1, -0.05) is 18.2 Å². The molecule has 1 fully saturated rings. The third-order valence-corrected chi connectivity index (χ3v) is 4.90. The van der Waals surface area contributed by atoms with Crippen molar-refractivity contribution in [3.8, 4) is 17.2 Å². The topological polar surface area (TPSA) is 48.0 Å². The van der Waals surface area contributed by atoms with Gasteiger partial charge in [-0.2, -0.15) is 0 Å². The van der Waals surface area contributed by atoms with Crippen LogP contribution in [0.25, 0.3) is 6.08 Å². The van der Waals surface area contributed by atoms with Crippen LogP contribution in [0, 0.1) is 0 Å². The number of hydrogen-bond acceptors (Lipinski definition) is 4. The molecular formula is C21H21NO4. The largest absolute Gasteiger partial charge is 0.497 e. The first-order chi connectivity index (χ1) is 12.7. The highest BCUT2D eigenvalue weighted by Crippen LogP contribution is 2.33. The van der Waals surface area contributed by atoms with Crippen LogP contribution in [0.5, 0.6) is 17.2 Å². The van der Waals surface area contributed by atoms with Crippen molar-refractivity contribution in [2.45, 2.75) is 12.3 Å². The Morgan fingerprint density at radius 3 is 2.77 bits per heavy atom. The van der Waals surface area contributed by atoms with Gasteiger partial charge in [0.1, 0.15) is 5.75 Å². The molecule has 1 unspecified atom stereocenters. The van der Waals surface area contributed by atoms with Crippen molar-refractivity contribution in [1.82, 2.24) is 4.90 Å². The highest BCUT2D eigenvalue weighted by atomic mass is 16.7. The maximum absolute atomic E-state index is 12.5. The molecule has 0 bridgehead atoms. The minimum Gasteiger partial charge on any atom is -0.497 e. The molecule has 1 atom stereocenters. The second kappa shape index (κ2) is 7.12. The lowest BCUT2D eigenvalue weighted by Crippen LogP contribution is -2.26. The molecule has 0 saturated carbocycles. The third kappa shape index (κ3) is 3.38. The van der Waals surface area contributed by atoms with Crippen molar-refractivity contribution in [2.24, 2.45) is 0 Å². The number of likely N-dealkylation sites (tertiary alicyclic amines) is 1. The number of carbonyl (C=O) groups excluding carboxylic acids is 1. The smallest absolute Gasteiger partial charge is 0.246 e. The zero-order chi connectivity index (χ0) is 17.9. The lowest BCUT2D eigenvalue weighted by Gasteiger charge is -2.15. The molecule has 2 aromatic carbocycles. The van der Waals surface area contributed by atoms with Gasteiger partial charge in [0, 0.05) is 25.1 Å². The van der Waals surface area contributed by atoms with Gasteiger partial charge in [-0.3, -0.25) is 4.79 Å². The summed E-state index contributed by atoms with van der Waals surface area (Å²) in [5.74, 6) is 2.74. The number of amides is 1. The number of rotatable bonds is 4. The van der Waals surface area contributed by atoms with Crippen LogP contribution in [0.3, 0.4) is 0 Å². The van der Waals surface area contributed by atoms with Crippen molar-refractivity contribution in [3.05, 3.63) is 59.7 Å². The SMILES string of the molecule is COc1ccc(C2CCN(C(=O)/C=C/c3ccc4c(c3)OCO4)C2)cc1. The van der Waals surface area contributed by atoms with E-state index in [1.807, 2.05) is 41.3 Å². The van der Waals surface area contributed by atoms with Crippen LogP contribution in [0.2, 0.25) is 0 Å². The maximum Gasteiger partial charge on any atom is 0.246 e. The summed E-state index contributed by atoms with van der Waals surface area (Å²) in [5, 5.41) is 0. The fraction of sp³-hybridized carbons (Fsp3) is 0.286. The first-order valence-electron chi connectivity index (χ1n) is 8.73. The summed E-state index contributed by atoms with van der Waals surface area (Å²) in [6.45, 7) is 1.78. The van der Waals surface area contributed by atoms with Gasteiger partial charge < -0.3 is 19.1 Å². The molecule has 1 amide bonds. The van der Waals surface area contributed by atoms with E-state index >= 15 is 0 Å². The minimum absolute atomic E-state index is 0.0404. The van der Waals surface area contributed by atoms with E-state index in [0.29, 0.717) is 5.92 Å². The summed E-state index contributed by atoms with van der Waals surface area (Å²) in [4.78, 5) is 14.4. The summed E-state index contributed by atoms with van der Waals surface area (Å²) in [6, 6.07) is 13.8. The number of nitrogens with zero attached hydrogens (tertiary/aromatic N) is 1. The van der Waals surface area contributed by atoms with E-state index in [0.717, 1.165) is 42.3 Å². The first-order valence-corrected chi connectivity index (χ1v) is 8.73. The lowest BCUT2D eigenvalue weighted by molar-refractivity contribution is -0.124. The predicted octanol–water partition coefficient (Wildman–Crippen LogP) is 3.45. The summed E-state index contributed by atoms with van der Waals surface area (Å²) >= 11 is 0. The Kier molecular flexibility index (Phi) is 4.52. The van der Waals surface area contributed by atoms with Crippen molar-refractivity contribution < 1.29 is 19.0 Å². The average Bonchev–Trinajstić information content (AvgIpc) is 3.35. The van der Waals surface area contributed by atoms with Crippen LogP contribution in [0.4, 0.5) is 0 Å². The number of carbonyl (C=O) groups is 1. The molecular weight excluding hydrogens is 330 g/mol. The van der Waals surface area contributed by atoms with Crippen molar-refractivity contribution in [1.29, 1.82) is 0 Å². The van der Waals surface area contributed by atoms with Crippen molar-refractivity contribution >= 4 is 12.0 Å². The average molecular weight is 351 g/mol. The monoisotopic (exact) mass is 351 g/mol. The first kappa shape index (κ1) is 16.5. The second-order valence-electron chi connectivity index (χ2n) is 6.49. The number of hydrogen-bond donors (Lipinski definition) is 0. The molecule has 2 aliphatic heterocycles. The molecule has 0 spiro atoms. The molecule has 26 heavy (non-hydrogen) atoms. The summed E-state index contributed by atoms with van der Waals surface area (Å²) < 4.78 is 15.9. The molecule has 0 radical (unpaired) electrons. The Labute approximate surface area is 152 Å². The summed E-state index contributed by atoms with van der Waals surface area (Å²) in [5.41, 5.74) is 2.18. The Balaban J connectivity index is 1.38. The molecule has 0 aliphatic carbocycles. The van der Waals surface area contributed by atoms with Crippen LogP contribution < -0.4 is 14.2 Å². The zero-order valence-corrected chi connectivity index (χ0v) is 14.7. The van der Waals surface area contributed by atoms with Gasteiger partial charge in [-0.25, -0.2) is 0 Å². The standard InChI is InChI=1S/C21H21NO4/c1-24-18-6-4-16(5-7-18)17-10-11-22(13-17)21(23)9-3-15-2-8-19-20(12-15)26-14-25-19/h2-9,12,17H,10-11,13-14H2,1H3/b9-3+. The molecule has 1 saturated heterocycles. The van der Waals surface area contributed by atoms with Crippen LogP contribution in [-0.2, 0) is 4.79 Å². The number of ether oxygens (including phenoxy) is 3. The molecule has 2 aliphatic rings. The number of benzene rings is 2. The van der Waals surface area contributed by atoms with E-state index < -0.39 is 0 Å². The van der Waals surface area contributed by atoms with Gasteiger partial charge in [0.15, 0.2) is 11.5 Å². The number of fused-ring (bicyclic) bond motifs is 1. The fourth-order valence-corrected chi connectivity index (χ4v) is 3.40. The zero-order valence-electron chi connectivity index (χ0n) is 14.7. The van der Waals surface area contributed by atoms with Crippen LogP contribution in [-0.4, -0.2) is 37.8 Å². The molecule has 4 rings (SSSR count). The predicted molar refractivity (Wildman–Crippen MR) is 98.5 cm³/mol. The Morgan fingerprint density at radius 2 is 1.96 bits per heavy atom. The van der Waals surface area contributed by atoms with Gasteiger partial charge in [-0.15, -0.1) is 0 Å². The van der Waals surface area contributed by atoms with Crippen molar-refractivity contribution in [3.63, 3.8) is 0 Å². The molecule has 5 heteroatoms. The number of methoxy groups -OCH3 is 1. The molecule has 0 N–H and O–H groups in total. The Hall–Kier alpha value is -2.95. The second-order valence-corrected chi connectivity index (χ2v) is 6.49. The Morgan fingerprint density at radius 1 is 1.15 bits per heavy atom. The fourth-order valence-electron chi connectivity index (χ4n) is 3.40. The van der Waals surface area contributed by atoms with Gasteiger partial charge in [0.05, 0.1) is 7.11 Å². The molecule has 134 valence electrons. The van der Waals surface area contributed by atoms with E-state index in [4.69, 9.17) is 14.2 Å². The minimum atomic E-state index is 0.0404. The van der Waals surface area contributed by atoms with Crippen LogP contribution in [0.1, 0.15) is 23.5 Å². The van der Waals surface area contributed by atoms with E-state index in [-0.39, 0.29) is 12.7 Å². The van der Waals surface area contributed by atoms with Gasteiger partial charge in [0.2, 0.25) is 12.7 Å². The van der Waals surface area contributed by atoms with Gasteiger partial charge in [0.25, 0.3) is 0 Å². The Bertz CT molecular complexity index is 828. The molecule has 0 aromatic heterocycles. The van der Waals surface area contributed by atoms with Crippen molar-refractivity contribution in [2.75, 3.05) is 27.0 Å². The highest BCUT2D eigenvalue weighted by molar-refractivity contribution is 5.92. The van der Waals surface area contributed by atoms with Gasteiger partial charge in [-0.05, 0) is 47.9 Å². The van der Waals surface area contributed by atoms with Crippen LogP contribution in [0.15, 0.2) is 48.5 Å². The lowest BCUT2D eigenvalue weighted by atomic mass is 9.98.